The van der Waals surface area contributed by atoms with Crippen LogP contribution >= 0.6 is 11.3 Å². The summed E-state index contributed by atoms with van der Waals surface area (Å²) in [5.74, 6) is 2.65. The summed E-state index contributed by atoms with van der Waals surface area (Å²) in [6, 6.07) is 6.06. The first-order valence-electron chi connectivity index (χ1n) is 6.45. The Morgan fingerprint density at radius 3 is 2.94 bits per heavy atom. The van der Waals surface area contributed by atoms with Crippen molar-refractivity contribution in [3.8, 4) is 0 Å². The Morgan fingerprint density at radius 1 is 1.24 bits per heavy atom. The second-order valence-corrected chi connectivity index (χ2v) is 6.62. The van der Waals surface area contributed by atoms with Crippen molar-refractivity contribution in [2.45, 2.75) is 31.6 Å². The Bertz CT molecular complexity index is 575. The Morgan fingerprint density at radius 2 is 2.18 bits per heavy atom. The van der Waals surface area contributed by atoms with E-state index in [4.69, 9.17) is 10.7 Å². The van der Waals surface area contributed by atoms with Crippen LogP contribution in [0.15, 0.2) is 18.2 Å². The van der Waals surface area contributed by atoms with Crippen molar-refractivity contribution in [3.05, 3.63) is 23.2 Å². The minimum atomic E-state index is 0.743. The zero-order chi connectivity index (χ0) is 11.4. The van der Waals surface area contributed by atoms with E-state index in [2.05, 4.69) is 12.1 Å². The molecule has 2 aromatic rings. The maximum absolute atomic E-state index is 5.83. The molecular weight excluding hydrogens is 228 g/mol. The average Bonchev–Trinajstić information content (AvgIpc) is 3.01. The van der Waals surface area contributed by atoms with Gasteiger partial charge in [-0.2, -0.15) is 0 Å². The van der Waals surface area contributed by atoms with Crippen molar-refractivity contribution in [2.75, 3.05) is 5.73 Å². The lowest BCUT2D eigenvalue weighted by molar-refractivity contribution is 0.419. The second kappa shape index (κ2) is 3.45. The highest BCUT2D eigenvalue weighted by Crippen LogP contribution is 2.53. The first-order valence-corrected chi connectivity index (χ1v) is 7.27. The largest absolute Gasteiger partial charge is 0.399 e. The number of aromatic nitrogens is 1. The van der Waals surface area contributed by atoms with Crippen molar-refractivity contribution in [1.82, 2.24) is 4.98 Å². The molecule has 2 saturated carbocycles. The van der Waals surface area contributed by atoms with Gasteiger partial charge in [0.15, 0.2) is 0 Å². The van der Waals surface area contributed by atoms with Gasteiger partial charge in [0.05, 0.1) is 15.2 Å². The fourth-order valence-corrected chi connectivity index (χ4v) is 4.89. The number of nitrogens with two attached hydrogens (primary N) is 1. The van der Waals surface area contributed by atoms with Crippen LogP contribution in [-0.4, -0.2) is 4.98 Å². The van der Waals surface area contributed by atoms with Crippen molar-refractivity contribution < 1.29 is 0 Å². The molecule has 2 aliphatic carbocycles. The normalized spacial score (nSPS) is 31.4. The summed E-state index contributed by atoms with van der Waals surface area (Å²) in [5.41, 5.74) is 7.80. The molecule has 1 aromatic heterocycles. The fraction of sp³-hybridized carbons (Fsp3) is 0.500. The molecule has 0 amide bonds. The third-order valence-electron chi connectivity index (χ3n) is 4.48. The number of nitrogen functional groups attached to an aromatic ring is 1. The Hall–Kier alpha value is -1.09. The molecule has 0 saturated heterocycles. The SMILES string of the molecule is Nc1ccc2nc(C3CC4CCC3C4)sc2c1. The van der Waals surface area contributed by atoms with Crippen LogP contribution in [0.1, 0.15) is 36.6 Å². The van der Waals surface area contributed by atoms with Gasteiger partial charge in [-0.3, -0.25) is 0 Å². The first kappa shape index (κ1) is 9.89. The zero-order valence-electron chi connectivity index (χ0n) is 9.73. The van der Waals surface area contributed by atoms with E-state index < -0.39 is 0 Å². The Kier molecular flexibility index (Phi) is 2.01. The van der Waals surface area contributed by atoms with Crippen molar-refractivity contribution in [2.24, 2.45) is 11.8 Å². The second-order valence-electron chi connectivity index (χ2n) is 5.56. The molecule has 1 heterocycles. The van der Waals surface area contributed by atoms with Crippen molar-refractivity contribution in [1.29, 1.82) is 0 Å². The van der Waals surface area contributed by atoms with Gasteiger partial charge in [0.2, 0.25) is 0 Å². The summed E-state index contributed by atoms with van der Waals surface area (Å²) in [4.78, 5) is 4.82. The van der Waals surface area contributed by atoms with Gasteiger partial charge in [-0.1, -0.05) is 6.42 Å². The number of rotatable bonds is 1. The number of hydrogen-bond donors (Lipinski definition) is 1. The molecule has 0 radical (unpaired) electrons. The zero-order valence-corrected chi connectivity index (χ0v) is 10.5. The van der Waals surface area contributed by atoms with Crippen molar-refractivity contribution >= 4 is 27.2 Å². The van der Waals surface area contributed by atoms with E-state index in [1.807, 2.05) is 17.4 Å². The molecule has 2 bridgehead atoms. The highest BCUT2D eigenvalue weighted by Gasteiger charge is 2.41. The number of thiazole rings is 1. The smallest absolute Gasteiger partial charge is 0.0972 e. The van der Waals surface area contributed by atoms with Crippen LogP contribution in [0.3, 0.4) is 0 Å². The quantitative estimate of drug-likeness (QED) is 0.775. The maximum Gasteiger partial charge on any atom is 0.0972 e. The standard InChI is InChI=1S/C14H16N2S/c15-10-3-4-12-13(7-10)17-14(16-12)11-6-8-1-2-9(11)5-8/h3-4,7-9,11H,1-2,5-6,15H2. The van der Waals surface area contributed by atoms with Gasteiger partial charge in [0, 0.05) is 11.6 Å². The lowest BCUT2D eigenvalue weighted by Crippen LogP contribution is -2.07. The van der Waals surface area contributed by atoms with E-state index in [1.54, 1.807) is 0 Å². The molecule has 2 aliphatic rings. The molecule has 1 aromatic carbocycles. The molecule has 2 fully saturated rings. The van der Waals surface area contributed by atoms with Gasteiger partial charge in [0.1, 0.15) is 0 Å². The minimum Gasteiger partial charge on any atom is -0.399 e. The molecule has 3 atom stereocenters. The van der Waals surface area contributed by atoms with Gasteiger partial charge >= 0.3 is 0 Å². The van der Waals surface area contributed by atoms with E-state index >= 15 is 0 Å². The van der Waals surface area contributed by atoms with Crippen LogP contribution in [0, 0.1) is 11.8 Å². The number of anilines is 1. The van der Waals surface area contributed by atoms with Crippen LogP contribution < -0.4 is 5.73 Å². The lowest BCUT2D eigenvalue weighted by Gasteiger charge is -2.18. The summed E-state index contributed by atoms with van der Waals surface area (Å²) in [6.07, 6.45) is 5.70. The highest BCUT2D eigenvalue weighted by atomic mass is 32.1. The first-order chi connectivity index (χ1) is 8.29. The molecule has 3 unspecified atom stereocenters. The molecule has 3 heteroatoms. The fourth-order valence-electron chi connectivity index (χ4n) is 3.66. The molecule has 2 nitrogen and oxygen atoms in total. The Balaban J connectivity index is 1.76. The predicted molar refractivity (Wildman–Crippen MR) is 72.2 cm³/mol. The van der Waals surface area contributed by atoms with Gasteiger partial charge in [-0.15, -0.1) is 11.3 Å². The van der Waals surface area contributed by atoms with E-state index in [9.17, 15) is 0 Å². The van der Waals surface area contributed by atoms with E-state index in [1.165, 1.54) is 35.4 Å². The van der Waals surface area contributed by atoms with Crippen LogP contribution in [-0.2, 0) is 0 Å². The molecule has 17 heavy (non-hydrogen) atoms. The van der Waals surface area contributed by atoms with Crippen molar-refractivity contribution in [3.63, 3.8) is 0 Å². The number of nitrogens with zero attached hydrogens (tertiary/aromatic N) is 1. The molecule has 0 aliphatic heterocycles. The van der Waals surface area contributed by atoms with Crippen LogP contribution in [0.2, 0.25) is 0 Å². The monoisotopic (exact) mass is 244 g/mol. The van der Waals surface area contributed by atoms with E-state index in [0.29, 0.717) is 0 Å². The number of benzene rings is 1. The summed E-state index contributed by atoms with van der Waals surface area (Å²) in [6.45, 7) is 0. The molecule has 4 rings (SSSR count). The van der Waals surface area contributed by atoms with Crippen LogP contribution in [0.4, 0.5) is 5.69 Å². The highest BCUT2D eigenvalue weighted by molar-refractivity contribution is 7.18. The molecule has 0 spiro atoms. The van der Waals surface area contributed by atoms with Crippen LogP contribution in [0.5, 0.6) is 0 Å². The molecule has 2 N–H and O–H groups in total. The van der Waals surface area contributed by atoms with Gasteiger partial charge in [0.25, 0.3) is 0 Å². The number of hydrogen-bond acceptors (Lipinski definition) is 3. The molecule has 88 valence electrons. The summed E-state index contributed by atoms with van der Waals surface area (Å²) in [7, 11) is 0. The topological polar surface area (TPSA) is 38.9 Å². The van der Waals surface area contributed by atoms with Crippen LogP contribution in [0.25, 0.3) is 10.2 Å². The maximum atomic E-state index is 5.83. The predicted octanol–water partition coefficient (Wildman–Crippen LogP) is 3.78. The van der Waals surface area contributed by atoms with Gasteiger partial charge in [-0.25, -0.2) is 4.98 Å². The minimum absolute atomic E-state index is 0.743. The van der Waals surface area contributed by atoms with E-state index in [-0.39, 0.29) is 0 Å². The van der Waals surface area contributed by atoms with E-state index in [0.717, 1.165) is 29.0 Å². The summed E-state index contributed by atoms with van der Waals surface area (Å²) >= 11 is 1.86. The lowest BCUT2D eigenvalue weighted by atomic mass is 9.89. The third kappa shape index (κ3) is 1.48. The average molecular weight is 244 g/mol. The Labute approximate surface area is 105 Å². The summed E-state index contributed by atoms with van der Waals surface area (Å²) in [5, 5.41) is 1.36. The third-order valence-corrected chi connectivity index (χ3v) is 5.63. The van der Waals surface area contributed by atoms with Gasteiger partial charge in [-0.05, 0) is 49.3 Å². The summed E-state index contributed by atoms with van der Waals surface area (Å²) < 4.78 is 1.25. The number of fused-ring (bicyclic) bond motifs is 3. The molecular formula is C14H16N2S. The van der Waals surface area contributed by atoms with Gasteiger partial charge < -0.3 is 5.73 Å².